The van der Waals surface area contributed by atoms with Gasteiger partial charge in [-0.3, -0.25) is 0 Å². The summed E-state index contributed by atoms with van der Waals surface area (Å²) in [4.78, 5) is 3.95. The normalized spacial score (nSPS) is 18.9. The molecule has 0 unspecified atom stereocenters. The van der Waals surface area contributed by atoms with Gasteiger partial charge in [-0.05, 0) is 19.3 Å². The Labute approximate surface area is 82.2 Å². The van der Waals surface area contributed by atoms with E-state index in [-0.39, 0.29) is 5.60 Å². The Kier molecular flexibility index (Phi) is 2.28. The molecule has 78 valence electrons. The number of rotatable bonds is 4. The minimum absolute atomic E-state index is 0.0185. The molecule has 2 rings (SSSR count). The fourth-order valence-electron chi connectivity index (χ4n) is 1.62. The van der Waals surface area contributed by atoms with Crippen molar-refractivity contribution in [1.82, 2.24) is 15.2 Å². The van der Waals surface area contributed by atoms with Crippen LogP contribution in [0.15, 0.2) is 0 Å². The number of anilines is 2. The topological polar surface area (TPSA) is 88.8 Å². The third-order valence-electron chi connectivity index (χ3n) is 2.77. The van der Waals surface area contributed by atoms with Gasteiger partial charge in [-0.1, -0.05) is 0 Å². The van der Waals surface area contributed by atoms with Crippen LogP contribution in [0.4, 0.5) is 11.9 Å². The number of nitrogen functional groups attached to an aromatic ring is 1. The van der Waals surface area contributed by atoms with Gasteiger partial charge in [-0.25, -0.2) is 5.10 Å². The highest BCUT2D eigenvalue weighted by atomic mass is 16.5. The molecule has 1 aliphatic rings. The molecule has 0 amide bonds. The van der Waals surface area contributed by atoms with Crippen LogP contribution in [0.5, 0.6) is 0 Å². The predicted octanol–water partition coefficient (Wildman–Crippen LogP) is 0.368. The van der Waals surface area contributed by atoms with Crippen molar-refractivity contribution in [3.63, 3.8) is 0 Å². The van der Waals surface area contributed by atoms with Gasteiger partial charge in [0, 0.05) is 13.7 Å². The number of nitrogens with two attached hydrogens (primary N) is 1. The van der Waals surface area contributed by atoms with Gasteiger partial charge in [0.05, 0.1) is 5.60 Å². The lowest BCUT2D eigenvalue weighted by molar-refractivity contribution is -0.0602. The van der Waals surface area contributed by atoms with E-state index in [1.54, 1.807) is 7.11 Å². The lowest BCUT2D eigenvalue weighted by Crippen LogP contribution is -2.45. The Hall–Kier alpha value is -1.30. The summed E-state index contributed by atoms with van der Waals surface area (Å²) in [6, 6.07) is 0. The van der Waals surface area contributed by atoms with Crippen molar-refractivity contribution >= 4 is 11.9 Å². The zero-order chi connectivity index (χ0) is 10.0. The van der Waals surface area contributed by atoms with Gasteiger partial charge in [0.2, 0.25) is 11.9 Å². The molecule has 1 saturated carbocycles. The second-order valence-corrected chi connectivity index (χ2v) is 3.64. The number of hydrogen-bond acceptors (Lipinski definition) is 5. The number of methoxy groups -OCH3 is 1. The first-order valence-corrected chi connectivity index (χ1v) is 4.71. The maximum atomic E-state index is 5.44. The number of nitrogens with one attached hydrogen (secondary N) is 2. The fourth-order valence-corrected chi connectivity index (χ4v) is 1.62. The third kappa shape index (κ3) is 1.65. The largest absolute Gasteiger partial charge is 0.376 e. The molecule has 4 N–H and O–H groups in total. The van der Waals surface area contributed by atoms with Crippen LogP contribution in [-0.4, -0.2) is 34.4 Å². The van der Waals surface area contributed by atoms with Crippen molar-refractivity contribution in [2.45, 2.75) is 24.9 Å². The summed E-state index contributed by atoms with van der Waals surface area (Å²) in [6.07, 6.45) is 3.42. The molecule has 1 aromatic heterocycles. The van der Waals surface area contributed by atoms with Crippen LogP contribution in [0.1, 0.15) is 19.3 Å². The first-order valence-electron chi connectivity index (χ1n) is 4.71. The minimum atomic E-state index is -0.0185. The first kappa shape index (κ1) is 9.26. The Bertz CT molecular complexity index is 301. The van der Waals surface area contributed by atoms with Crippen molar-refractivity contribution in [3.8, 4) is 0 Å². The smallest absolute Gasteiger partial charge is 0.243 e. The van der Waals surface area contributed by atoms with E-state index in [1.165, 1.54) is 6.42 Å². The quantitative estimate of drug-likeness (QED) is 0.648. The summed E-state index contributed by atoms with van der Waals surface area (Å²) < 4.78 is 5.44. The number of aromatic amines is 1. The van der Waals surface area contributed by atoms with Crippen molar-refractivity contribution in [3.05, 3.63) is 0 Å². The molecule has 1 aliphatic carbocycles. The third-order valence-corrected chi connectivity index (χ3v) is 2.77. The fraction of sp³-hybridized carbons (Fsp3) is 0.750. The first-order chi connectivity index (χ1) is 6.74. The Morgan fingerprint density at radius 2 is 2.43 bits per heavy atom. The highest BCUT2D eigenvalue weighted by molar-refractivity contribution is 5.30. The summed E-state index contributed by atoms with van der Waals surface area (Å²) in [5.41, 5.74) is 5.38. The van der Waals surface area contributed by atoms with Crippen LogP contribution in [-0.2, 0) is 4.74 Å². The molecule has 0 aliphatic heterocycles. The lowest BCUT2D eigenvalue weighted by atomic mass is 9.80. The Balaban J connectivity index is 1.87. The van der Waals surface area contributed by atoms with Gasteiger partial charge >= 0.3 is 0 Å². The van der Waals surface area contributed by atoms with Crippen LogP contribution in [0.3, 0.4) is 0 Å². The maximum absolute atomic E-state index is 5.44. The molecule has 0 atom stereocenters. The molecule has 6 nitrogen and oxygen atoms in total. The van der Waals surface area contributed by atoms with Gasteiger partial charge in [0.15, 0.2) is 0 Å². The number of aromatic nitrogens is 3. The minimum Gasteiger partial charge on any atom is -0.376 e. The average Bonchev–Trinajstić information content (AvgIpc) is 2.50. The van der Waals surface area contributed by atoms with E-state index < -0.39 is 0 Å². The van der Waals surface area contributed by atoms with E-state index in [0.29, 0.717) is 11.9 Å². The molecule has 1 heterocycles. The summed E-state index contributed by atoms with van der Waals surface area (Å²) in [5, 5.41) is 9.56. The van der Waals surface area contributed by atoms with E-state index in [1.807, 2.05) is 0 Å². The monoisotopic (exact) mass is 197 g/mol. The summed E-state index contributed by atoms with van der Waals surface area (Å²) >= 11 is 0. The van der Waals surface area contributed by atoms with Gasteiger partial charge in [0.1, 0.15) is 0 Å². The molecule has 0 saturated heterocycles. The molecular formula is C8H15N5O. The van der Waals surface area contributed by atoms with E-state index in [0.717, 1.165) is 19.4 Å². The maximum Gasteiger partial charge on any atom is 0.243 e. The number of ether oxygens (including phenoxy) is 1. The van der Waals surface area contributed by atoms with Crippen LogP contribution in [0.25, 0.3) is 0 Å². The van der Waals surface area contributed by atoms with E-state index in [2.05, 4.69) is 20.5 Å². The van der Waals surface area contributed by atoms with Gasteiger partial charge in [0.25, 0.3) is 0 Å². The van der Waals surface area contributed by atoms with Gasteiger partial charge in [-0.15, -0.1) is 5.10 Å². The summed E-state index contributed by atoms with van der Waals surface area (Å²) in [7, 11) is 1.74. The van der Waals surface area contributed by atoms with Crippen molar-refractivity contribution in [2.75, 3.05) is 24.7 Å². The van der Waals surface area contributed by atoms with Gasteiger partial charge in [-0.2, -0.15) is 4.98 Å². The number of H-pyrrole nitrogens is 1. The molecule has 0 bridgehead atoms. The summed E-state index contributed by atoms with van der Waals surface area (Å²) in [5.74, 6) is 0.860. The lowest BCUT2D eigenvalue weighted by Gasteiger charge is -2.40. The second kappa shape index (κ2) is 3.45. The zero-order valence-corrected chi connectivity index (χ0v) is 8.21. The molecule has 1 aromatic rings. The van der Waals surface area contributed by atoms with Crippen LogP contribution >= 0.6 is 0 Å². The molecule has 6 heteroatoms. The van der Waals surface area contributed by atoms with Crippen LogP contribution in [0.2, 0.25) is 0 Å². The number of hydrogen-bond donors (Lipinski definition) is 3. The molecule has 0 spiro atoms. The van der Waals surface area contributed by atoms with Gasteiger partial charge < -0.3 is 15.8 Å². The Morgan fingerprint density at radius 1 is 1.64 bits per heavy atom. The SMILES string of the molecule is COC1(CNc2n[nH]c(N)n2)CCC1. The highest BCUT2D eigenvalue weighted by Crippen LogP contribution is 2.34. The average molecular weight is 197 g/mol. The van der Waals surface area contributed by atoms with Crippen molar-refractivity contribution in [2.24, 2.45) is 0 Å². The molecule has 0 aromatic carbocycles. The highest BCUT2D eigenvalue weighted by Gasteiger charge is 2.36. The van der Waals surface area contributed by atoms with Crippen LogP contribution in [0, 0.1) is 0 Å². The van der Waals surface area contributed by atoms with E-state index >= 15 is 0 Å². The summed E-state index contributed by atoms with van der Waals surface area (Å²) in [6.45, 7) is 0.737. The zero-order valence-electron chi connectivity index (χ0n) is 8.21. The molecule has 14 heavy (non-hydrogen) atoms. The standard InChI is InChI=1S/C8H15N5O/c1-14-8(3-2-4-8)5-10-7-11-6(9)12-13-7/h2-5H2,1H3,(H4,9,10,11,12,13). The number of nitrogens with zero attached hydrogens (tertiary/aromatic N) is 2. The van der Waals surface area contributed by atoms with Crippen LogP contribution < -0.4 is 11.1 Å². The molecule has 0 radical (unpaired) electrons. The predicted molar refractivity (Wildman–Crippen MR) is 52.9 cm³/mol. The molecule has 1 fully saturated rings. The van der Waals surface area contributed by atoms with E-state index in [9.17, 15) is 0 Å². The van der Waals surface area contributed by atoms with E-state index in [4.69, 9.17) is 10.5 Å². The van der Waals surface area contributed by atoms with Crippen molar-refractivity contribution < 1.29 is 4.74 Å². The molecular weight excluding hydrogens is 182 g/mol. The second-order valence-electron chi connectivity index (χ2n) is 3.64. The van der Waals surface area contributed by atoms with Crippen molar-refractivity contribution in [1.29, 1.82) is 0 Å². The Morgan fingerprint density at radius 3 is 2.86 bits per heavy atom.